The second kappa shape index (κ2) is 7.27. The van der Waals surface area contributed by atoms with E-state index in [4.69, 9.17) is 0 Å². The topological polar surface area (TPSA) is 71.0 Å². The van der Waals surface area contributed by atoms with Gasteiger partial charge in [0.05, 0.1) is 11.9 Å². The largest absolute Gasteiger partial charge is 0.296 e. The summed E-state index contributed by atoms with van der Waals surface area (Å²) in [6.45, 7) is 2.28. The number of halogens is 1. The van der Waals surface area contributed by atoms with Crippen molar-refractivity contribution in [3.8, 4) is 0 Å². The number of benzene rings is 1. The molecule has 0 fully saturated rings. The first-order valence-corrected chi connectivity index (χ1v) is 9.02. The molecule has 3 aromatic rings. The molecule has 1 aliphatic rings. The molecule has 2 aromatic heterocycles. The number of thiazole rings is 1. The molecule has 0 aliphatic carbocycles. The van der Waals surface area contributed by atoms with Gasteiger partial charge in [-0.3, -0.25) is 20.0 Å². The quantitative estimate of drug-likeness (QED) is 0.766. The van der Waals surface area contributed by atoms with Gasteiger partial charge < -0.3 is 0 Å². The zero-order chi connectivity index (χ0) is 17.9. The van der Waals surface area contributed by atoms with Gasteiger partial charge in [-0.1, -0.05) is 12.1 Å². The van der Waals surface area contributed by atoms with E-state index in [0.29, 0.717) is 11.7 Å². The molecule has 0 unspecified atom stereocenters. The van der Waals surface area contributed by atoms with Crippen molar-refractivity contribution in [2.24, 2.45) is 0 Å². The third-order valence-corrected chi connectivity index (χ3v) is 5.12. The molecule has 26 heavy (non-hydrogen) atoms. The SMILES string of the molecule is O=C(Nc1nc2c(s1)CN(Cc1cccc(F)c1)CC2)c1cnccn1. The van der Waals surface area contributed by atoms with Crippen molar-refractivity contribution >= 4 is 22.4 Å². The van der Waals surface area contributed by atoms with Gasteiger partial charge >= 0.3 is 0 Å². The van der Waals surface area contributed by atoms with E-state index < -0.39 is 0 Å². The number of anilines is 1. The number of hydrogen-bond acceptors (Lipinski definition) is 6. The Morgan fingerprint density at radius 2 is 2.27 bits per heavy atom. The van der Waals surface area contributed by atoms with E-state index in [0.717, 1.165) is 35.6 Å². The van der Waals surface area contributed by atoms with Gasteiger partial charge in [-0.15, -0.1) is 11.3 Å². The average molecular weight is 369 g/mol. The smallest absolute Gasteiger partial charge is 0.277 e. The van der Waals surface area contributed by atoms with E-state index in [1.165, 1.54) is 36.0 Å². The highest BCUT2D eigenvalue weighted by Crippen LogP contribution is 2.29. The molecule has 1 N–H and O–H groups in total. The number of hydrogen-bond donors (Lipinski definition) is 1. The predicted octanol–water partition coefficient (Wildman–Crippen LogP) is 2.88. The molecule has 8 heteroatoms. The second-order valence-corrected chi connectivity index (χ2v) is 7.11. The van der Waals surface area contributed by atoms with E-state index in [-0.39, 0.29) is 17.4 Å². The van der Waals surface area contributed by atoms with Crippen LogP contribution in [-0.2, 0) is 19.5 Å². The number of amides is 1. The van der Waals surface area contributed by atoms with E-state index in [1.807, 2.05) is 6.07 Å². The van der Waals surface area contributed by atoms with Crippen LogP contribution in [0.3, 0.4) is 0 Å². The number of aromatic nitrogens is 3. The lowest BCUT2D eigenvalue weighted by molar-refractivity contribution is 0.102. The summed E-state index contributed by atoms with van der Waals surface area (Å²) in [7, 11) is 0. The molecule has 0 atom stereocenters. The number of carbonyl (C=O) groups is 1. The van der Waals surface area contributed by atoms with Gasteiger partial charge in [0.25, 0.3) is 5.91 Å². The molecule has 132 valence electrons. The summed E-state index contributed by atoms with van der Waals surface area (Å²) in [6, 6.07) is 6.67. The van der Waals surface area contributed by atoms with Crippen molar-refractivity contribution in [1.82, 2.24) is 19.9 Å². The van der Waals surface area contributed by atoms with Crippen molar-refractivity contribution in [2.45, 2.75) is 19.5 Å². The number of fused-ring (bicyclic) bond motifs is 1. The molecule has 0 radical (unpaired) electrons. The highest BCUT2D eigenvalue weighted by atomic mass is 32.1. The Morgan fingerprint density at radius 1 is 1.35 bits per heavy atom. The van der Waals surface area contributed by atoms with Crippen LogP contribution in [0.15, 0.2) is 42.9 Å². The first-order valence-electron chi connectivity index (χ1n) is 8.20. The molecule has 1 aromatic carbocycles. The van der Waals surface area contributed by atoms with Crippen LogP contribution in [0.4, 0.5) is 9.52 Å². The molecule has 0 saturated heterocycles. The summed E-state index contributed by atoms with van der Waals surface area (Å²) < 4.78 is 13.3. The first-order chi connectivity index (χ1) is 12.7. The van der Waals surface area contributed by atoms with Crippen LogP contribution in [0.2, 0.25) is 0 Å². The number of rotatable bonds is 4. The second-order valence-electron chi connectivity index (χ2n) is 6.02. The van der Waals surface area contributed by atoms with Crippen LogP contribution in [0.5, 0.6) is 0 Å². The molecule has 0 spiro atoms. The van der Waals surface area contributed by atoms with Crippen LogP contribution < -0.4 is 5.32 Å². The van der Waals surface area contributed by atoms with Crippen molar-refractivity contribution in [3.63, 3.8) is 0 Å². The molecular weight excluding hydrogens is 353 g/mol. The van der Waals surface area contributed by atoms with Gasteiger partial charge in [-0.05, 0) is 17.7 Å². The lowest BCUT2D eigenvalue weighted by atomic mass is 10.1. The maximum atomic E-state index is 13.3. The third kappa shape index (κ3) is 3.76. The van der Waals surface area contributed by atoms with Gasteiger partial charge in [0.1, 0.15) is 11.5 Å². The van der Waals surface area contributed by atoms with Gasteiger partial charge in [-0.25, -0.2) is 14.4 Å². The molecule has 6 nitrogen and oxygen atoms in total. The Bertz CT molecular complexity index is 930. The van der Waals surface area contributed by atoms with Gasteiger partial charge in [0.2, 0.25) is 0 Å². The van der Waals surface area contributed by atoms with E-state index in [9.17, 15) is 9.18 Å². The summed E-state index contributed by atoms with van der Waals surface area (Å²) in [5.74, 6) is -0.534. The summed E-state index contributed by atoms with van der Waals surface area (Å²) in [5, 5.41) is 3.35. The third-order valence-electron chi connectivity index (χ3n) is 4.12. The Labute approximate surface area is 153 Å². The zero-order valence-corrected chi connectivity index (χ0v) is 14.7. The fourth-order valence-corrected chi connectivity index (χ4v) is 3.95. The van der Waals surface area contributed by atoms with Gasteiger partial charge in [-0.2, -0.15) is 0 Å². The predicted molar refractivity (Wildman–Crippen MR) is 96.3 cm³/mol. The van der Waals surface area contributed by atoms with E-state index in [1.54, 1.807) is 12.1 Å². The fourth-order valence-electron chi connectivity index (χ4n) is 2.91. The van der Waals surface area contributed by atoms with Gasteiger partial charge in [0.15, 0.2) is 5.13 Å². The maximum absolute atomic E-state index is 13.3. The molecule has 1 amide bonds. The van der Waals surface area contributed by atoms with Crippen molar-refractivity contribution in [1.29, 1.82) is 0 Å². The number of nitrogens with one attached hydrogen (secondary N) is 1. The highest BCUT2D eigenvalue weighted by molar-refractivity contribution is 7.15. The van der Waals surface area contributed by atoms with Crippen molar-refractivity contribution in [3.05, 3.63) is 70.5 Å². The lowest BCUT2D eigenvalue weighted by Crippen LogP contribution is -2.29. The normalized spacial score (nSPS) is 14.0. The highest BCUT2D eigenvalue weighted by Gasteiger charge is 2.22. The standard InChI is InChI=1S/C18H16FN5OS/c19-13-3-1-2-12(8-13)10-24-7-4-14-16(11-24)26-18(22-14)23-17(25)15-9-20-5-6-21-15/h1-3,5-6,8-9H,4,7,10-11H2,(H,22,23,25). The van der Waals surface area contributed by atoms with Crippen LogP contribution >= 0.6 is 11.3 Å². The Balaban J connectivity index is 1.43. The summed E-state index contributed by atoms with van der Waals surface area (Å²) in [6.07, 6.45) is 5.23. The van der Waals surface area contributed by atoms with Crippen LogP contribution in [-0.4, -0.2) is 32.3 Å². The van der Waals surface area contributed by atoms with E-state index >= 15 is 0 Å². The minimum atomic E-state index is -0.319. The minimum absolute atomic E-state index is 0.216. The van der Waals surface area contributed by atoms with Gasteiger partial charge in [0, 0.05) is 43.3 Å². The molecule has 0 bridgehead atoms. The number of nitrogens with zero attached hydrogens (tertiary/aromatic N) is 4. The summed E-state index contributed by atoms with van der Waals surface area (Å²) in [5.41, 5.74) is 2.22. The zero-order valence-electron chi connectivity index (χ0n) is 13.9. The molecule has 3 heterocycles. The first kappa shape index (κ1) is 16.7. The summed E-state index contributed by atoms with van der Waals surface area (Å²) in [4.78, 5) is 28.0. The van der Waals surface area contributed by atoms with Crippen LogP contribution in [0.1, 0.15) is 26.6 Å². The minimum Gasteiger partial charge on any atom is -0.296 e. The molecule has 1 aliphatic heterocycles. The fraction of sp³-hybridized carbons (Fsp3) is 0.222. The van der Waals surface area contributed by atoms with E-state index in [2.05, 4.69) is 25.2 Å². The molecule has 4 rings (SSSR count). The van der Waals surface area contributed by atoms with Crippen molar-refractivity contribution < 1.29 is 9.18 Å². The maximum Gasteiger partial charge on any atom is 0.277 e. The Morgan fingerprint density at radius 3 is 3.08 bits per heavy atom. The number of carbonyl (C=O) groups excluding carboxylic acids is 1. The lowest BCUT2D eigenvalue weighted by Gasteiger charge is -2.25. The summed E-state index contributed by atoms with van der Waals surface area (Å²) >= 11 is 1.47. The van der Waals surface area contributed by atoms with Crippen LogP contribution in [0.25, 0.3) is 0 Å². The van der Waals surface area contributed by atoms with Crippen molar-refractivity contribution in [2.75, 3.05) is 11.9 Å². The molecule has 0 saturated carbocycles. The average Bonchev–Trinajstić information content (AvgIpc) is 3.04. The molecular formula is C18H16FN5OS. The Kier molecular flexibility index (Phi) is 4.68. The van der Waals surface area contributed by atoms with Crippen LogP contribution in [0, 0.1) is 5.82 Å². The Hall–Kier alpha value is -2.71. The monoisotopic (exact) mass is 369 g/mol.